The quantitative estimate of drug-likeness (QED) is 0.495. The first-order chi connectivity index (χ1) is 13.9. The summed E-state index contributed by atoms with van der Waals surface area (Å²) in [4.78, 5) is 32.0. The highest BCUT2D eigenvalue weighted by atomic mass is 32.2. The Bertz CT molecular complexity index is 500. The van der Waals surface area contributed by atoms with E-state index >= 15 is 0 Å². The first-order valence-electron chi connectivity index (χ1n) is 11.2. The number of nitrogens with zero attached hydrogens (tertiary/aromatic N) is 1. The van der Waals surface area contributed by atoms with Crippen molar-refractivity contribution in [1.29, 1.82) is 0 Å². The van der Waals surface area contributed by atoms with Crippen molar-refractivity contribution in [2.24, 2.45) is 5.41 Å². The number of hydrogen-bond donors (Lipinski definition) is 1. The van der Waals surface area contributed by atoms with Crippen molar-refractivity contribution >= 4 is 35.4 Å². The number of thioether (sulfide) groups is 2. The lowest BCUT2D eigenvalue weighted by molar-refractivity contribution is -0.224. The van der Waals surface area contributed by atoms with E-state index < -0.39 is 11.5 Å². The minimum atomic E-state index is -0.603. The monoisotopic (exact) mass is 444 g/mol. The van der Waals surface area contributed by atoms with Crippen molar-refractivity contribution in [2.75, 3.05) is 24.0 Å². The van der Waals surface area contributed by atoms with Gasteiger partial charge in [-0.2, -0.15) is 23.5 Å². The van der Waals surface area contributed by atoms with Gasteiger partial charge in [0.25, 0.3) is 0 Å². The van der Waals surface area contributed by atoms with Gasteiger partial charge in [0.05, 0.1) is 5.41 Å². The third kappa shape index (κ3) is 7.66. The molecule has 2 aliphatic rings. The molecule has 0 unspecified atom stereocenters. The van der Waals surface area contributed by atoms with E-state index in [9.17, 15) is 9.59 Å². The summed E-state index contributed by atoms with van der Waals surface area (Å²) in [6.07, 6.45) is 15.7. The van der Waals surface area contributed by atoms with Gasteiger partial charge in [-0.1, -0.05) is 52.4 Å². The van der Waals surface area contributed by atoms with Crippen LogP contribution in [0.2, 0.25) is 0 Å². The molecule has 2 fully saturated rings. The summed E-state index contributed by atoms with van der Waals surface area (Å²) in [5.41, 5.74) is -0.511. The Kier molecular flexibility index (Phi) is 10.7. The van der Waals surface area contributed by atoms with E-state index in [1.807, 2.05) is 31.4 Å². The fraction of sp³-hybridized carbons (Fsp3) is 0.909. The van der Waals surface area contributed by atoms with Crippen LogP contribution in [0.3, 0.4) is 0 Å². The first kappa shape index (κ1) is 24.9. The molecule has 7 heteroatoms. The fourth-order valence-corrected chi connectivity index (χ4v) is 5.81. The van der Waals surface area contributed by atoms with E-state index in [2.05, 4.69) is 5.32 Å². The second-order valence-corrected chi connectivity index (χ2v) is 10.9. The largest absolute Gasteiger partial charge is 0.365 e. The molecule has 29 heavy (non-hydrogen) atoms. The molecule has 1 N–H and O–H groups in total. The number of amides is 1. The van der Waals surface area contributed by atoms with Gasteiger partial charge in [0.2, 0.25) is 5.91 Å². The first-order valence-corrected chi connectivity index (χ1v) is 14.0. The zero-order valence-corrected chi connectivity index (χ0v) is 20.3. The van der Waals surface area contributed by atoms with Crippen LogP contribution in [0.4, 0.5) is 0 Å². The zero-order valence-electron chi connectivity index (χ0n) is 18.7. The maximum absolute atomic E-state index is 13.2. The number of hydroxylamine groups is 2. The van der Waals surface area contributed by atoms with Crippen molar-refractivity contribution in [1.82, 2.24) is 10.4 Å². The highest BCUT2D eigenvalue weighted by Gasteiger charge is 2.36. The summed E-state index contributed by atoms with van der Waals surface area (Å²) >= 11 is 3.21. The molecule has 2 saturated carbocycles. The van der Waals surface area contributed by atoms with Crippen LogP contribution in [0.5, 0.6) is 0 Å². The summed E-state index contributed by atoms with van der Waals surface area (Å²) in [6, 6.07) is 0.0528. The SMILES string of the molecule is CSC[C@H](NC(=O)C(C)(C)CSC)C(=O)ON(C1CCCCC1)C1CCCCC1. The van der Waals surface area contributed by atoms with E-state index in [0.29, 0.717) is 17.8 Å². The second-order valence-electron chi connectivity index (χ2n) is 9.15. The van der Waals surface area contributed by atoms with E-state index in [0.717, 1.165) is 31.4 Å². The van der Waals surface area contributed by atoms with Gasteiger partial charge in [0, 0.05) is 23.6 Å². The Labute approximate surface area is 185 Å². The molecule has 0 aromatic carbocycles. The molecule has 1 atom stereocenters. The molecular formula is C22H40N2O3S2. The van der Waals surface area contributed by atoms with Crippen LogP contribution < -0.4 is 5.32 Å². The van der Waals surface area contributed by atoms with Crippen molar-refractivity contribution in [2.45, 2.75) is 96.2 Å². The second kappa shape index (κ2) is 12.5. The van der Waals surface area contributed by atoms with Crippen molar-refractivity contribution in [3.8, 4) is 0 Å². The highest BCUT2D eigenvalue weighted by molar-refractivity contribution is 7.98. The Hall–Kier alpha value is -0.400. The highest BCUT2D eigenvalue weighted by Crippen LogP contribution is 2.31. The Morgan fingerprint density at radius 2 is 1.48 bits per heavy atom. The number of rotatable bonds is 10. The normalized spacial score (nSPS) is 20.4. The van der Waals surface area contributed by atoms with Crippen LogP contribution in [-0.4, -0.2) is 59.1 Å². The van der Waals surface area contributed by atoms with Gasteiger partial charge in [0.1, 0.15) is 6.04 Å². The van der Waals surface area contributed by atoms with E-state index in [-0.39, 0.29) is 11.9 Å². The number of carbonyl (C=O) groups excluding carboxylic acids is 2. The predicted molar refractivity (Wildman–Crippen MR) is 124 cm³/mol. The summed E-state index contributed by atoms with van der Waals surface area (Å²) in [6.45, 7) is 3.85. The van der Waals surface area contributed by atoms with Crippen LogP contribution in [0.25, 0.3) is 0 Å². The Morgan fingerprint density at radius 1 is 0.966 bits per heavy atom. The van der Waals surface area contributed by atoms with Crippen LogP contribution in [0.15, 0.2) is 0 Å². The molecule has 2 rings (SSSR count). The third-order valence-electron chi connectivity index (χ3n) is 6.11. The zero-order chi connectivity index (χ0) is 21.3. The number of nitrogens with one attached hydrogen (secondary N) is 1. The van der Waals surface area contributed by atoms with Gasteiger partial charge in [0.15, 0.2) is 0 Å². The molecule has 5 nitrogen and oxygen atoms in total. The summed E-state index contributed by atoms with van der Waals surface area (Å²) < 4.78 is 0. The van der Waals surface area contributed by atoms with Gasteiger partial charge in [-0.05, 0) is 38.2 Å². The maximum Gasteiger partial charge on any atom is 0.348 e. The van der Waals surface area contributed by atoms with E-state index in [1.165, 1.54) is 38.5 Å². The lowest BCUT2D eigenvalue weighted by Crippen LogP contribution is -2.53. The molecule has 0 bridgehead atoms. The van der Waals surface area contributed by atoms with Crippen molar-refractivity contribution in [3.05, 3.63) is 0 Å². The molecule has 0 saturated heterocycles. The topological polar surface area (TPSA) is 58.6 Å². The van der Waals surface area contributed by atoms with E-state index in [1.54, 1.807) is 23.5 Å². The lowest BCUT2D eigenvalue weighted by atomic mass is 9.90. The molecule has 0 heterocycles. The van der Waals surface area contributed by atoms with E-state index in [4.69, 9.17) is 4.84 Å². The fourth-order valence-electron chi connectivity index (χ4n) is 4.40. The van der Waals surface area contributed by atoms with Crippen molar-refractivity contribution in [3.63, 3.8) is 0 Å². The third-order valence-corrected chi connectivity index (χ3v) is 7.78. The van der Waals surface area contributed by atoms with Gasteiger partial charge in [-0.3, -0.25) is 4.79 Å². The Balaban J connectivity index is 2.07. The molecule has 0 aromatic heterocycles. The van der Waals surface area contributed by atoms with Gasteiger partial charge in [-0.15, -0.1) is 5.06 Å². The Morgan fingerprint density at radius 3 is 1.93 bits per heavy atom. The van der Waals surface area contributed by atoms with Crippen molar-refractivity contribution < 1.29 is 14.4 Å². The summed E-state index contributed by atoms with van der Waals surface area (Å²) in [7, 11) is 0. The molecule has 2 aliphatic carbocycles. The molecule has 1 amide bonds. The maximum atomic E-state index is 13.2. The minimum absolute atomic E-state index is 0.0790. The van der Waals surface area contributed by atoms with Crippen LogP contribution in [-0.2, 0) is 14.4 Å². The standard InChI is InChI=1S/C22H40N2O3S2/c1-22(2,16-29-4)21(26)23-19(15-28-3)20(25)27-24(17-11-7-5-8-12-17)18-13-9-6-10-14-18/h17-19H,5-16H2,1-4H3,(H,23,26)/t19-/m0/s1. The summed E-state index contributed by atoms with van der Waals surface area (Å²) in [5.74, 6) is 0.868. The van der Waals surface area contributed by atoms with Crippen LogP contribution >= 0.6 is 23.5 Å². The average Bonchev–Trinajstić information content (AvgIpc) is 2.72. The predicted octanol–water partition coefficient (Wildman–Crippen LogP) is 4.65. The molecular weight excluding hydrogens is 404 g/mol. The lowest BCUT2D eigenvalue weighted by Gasteiger charge is -2.40. The molecule has 168 valence electrons. The van der Waals surface area contributed by atoms with Crippen LogP contribution in [0, 0.1) is 5.41 Å². The molecule has 0 radical (unpaired) electrons. The average molecular weight is 445 g/mol. The summed E-state index contributed by atoms with van der Waals surface area (Å²) in [5, 5.41) is 5.03. The molecule has 0 spiro atoms. The van der Waals surface area contributed by atoms with Gasteiger partial charge >= 0.3 is 5.97 Å². The molecule has 0 aliphatic heterocycles. The van der Waals surface area contributed by atoms with Crippen LogP contribution in [0.1, 0.15) is 78.1 Å². The van der Waals surface area contributed by atoms with Gasteiger partial charge < -0.3 is 10.2 Å². The smallest absolute Gasteiger partial charge is 0.348 e. The number of carbonyl (C=O) groups is 2. The van der Waals surface area contributed by atoms with Gasteiger partial charge in [-0.25, -0.2) is 4.79 Å². The minimum Gasteiger partial charge on any atom is -0.365 e. The molecule has 0 aromatic rings. The number of hydrogen-bond acceptors (Lipinski definition) is 6.